The Balaban J connectivity index is 1.85. The van der Waals surface area contributed by atoms with Crippen LogP contribution in [0.3, 0.4) is 0 Å². The molecule has 0 aromatic heterocycles. The van der Waals surface area contributed by atoms with Crippen molar-refractivity contribution in [1.82, 2.24) is 15.5 Å². The average molecular weight is 253 g/mol. The minimum absolute atomic E-state index is 0.251. The van der Waals surface area contributed by atoms with Crippen molar-refractivity contribution in [2.24, 2.45) is 0 Å². The Bertz CT molecular complexity index is 269. The maximum Gasteiger partial charge on any atom is 0.0218 e. The summed E-state index contributed by atoms with van der Waals surface area (Å²) in [6.45, 7) is 11.7. The third kappa shape index (κ3) is 3.69. The van der Waals surface area contributed by atoms with Crippen LogP contribution in [0.5, 0.6) is 0 Å². The summed E-state index contributed by atoms with van der Waals surface area (Å²) in [6, 6.07) is 1.41. The molecular weight excluding hydrogens is 222 g/mol. The fourth-order valence-corrected chi connectivity index (χ4v) is 4.01. The van der Waals surface area contributed by atoms with E-state index >= 15 is 0 Å². The van der Waals surface area contributed by atoms with E-state index < -0.39 is 0 Å². The summed E-state index contributed by atoms with van der Waals surface area (Å²) in [5.74, 6) is 0. The van der Waals surface area contributed by atoms with Crippen LogP contribution in [-0.4, -0.2) is 48.2 Å². The normalized spacial score (nSPS) is 32.8. The van der Waals surface area contributed by atoms with Crippen molar-refractivity contribution in [3.05, 3.63) is 0 Å². The van der Waals surface area contributed by atoms with E-state index in [0.717, 1.165) is 12.6 Å². The van der Waals surface area contributed by atoms with Gasteiger partial charge in [-0.2, -0.15) is 0 Å². The van der Waals surface area contributed by atoms with Gasteiger partial charge in [-0.05, 0) is 67.0 Å². The van der Waals surface area contributed by atoms with Crippen molar-refractivity contribution in [2.75, 3.05) is 20.1 Å². The molecule has 18 heavy (non-hydrogen) atoms. The van der Waals surface area contributed by atoms with Crippen LogP contribution in [-0.2, 0) is 0 Å². The topological polar surface area (TPSA) is 27.3 Å². The second-order valence-electron chi connectivity index (χ2n) is 7.68. The molecule has 0 aromatic rings. The highest BCUT2D eigenvalue weighted by Gasteiger charge is 2.37. The summed E-state index contributed by atoms with van der Waals surface area (Å²) < 4.78 is 0. The predicted molar refractivity (Wildman–Crippen MR) is 78.0 cm³/mol. The monoisotopic (exact) mass is 253 g/mol. The van der Waals surface area contributed by atoms with Gasteiger partial charge < -0.3 is 15.5 Å². The second kappa shape index (κ2) is 5.10. The van der Waals surface area contributed by atoms with E-state index in [1.54, 1.807) is 0 Å². The largest absolute Gasteiger partial charge is 0.312 e. The molecule has 2 rings (SSSR count). The molecule has 0 amide bonds. The molecule has 0 saturated carbocycles. The molecule has 3 heteroatoms. The van der Waals surface area contributed by atoms with Gasteiger partial charge in [0.15, 0.2) is 0 Å². The first-order valence-electron chi connectivity index (χ1n) is 7.50. The van der Waals surface area contributed by atoms with Gasteiger partial charge in [0.2, 0.25) is 0 Å². The molecule has 0 aliphatic carbocycles. The van der Waals surface area contributed by atoms with Crippen LogP contribution < -0.4 is 10.6 Å². The standard InChI is InChI=1S/C15H31N3/c1-14(2)9-12(10-15(3,4)17-14)16-11-13-7-6-8-18(13)5/h12-13,16-17H,6-11H2,1-5H3. The van der Waals surface area contributed by atoms with Crippen molar-refractivity contribution in [1.29, 1.82) is 0 Å². The quantitative estimate of drug-likeness (QED) is 0.805. The molecule has 1 atom stereocenters. The molecular formula is C15H31N3. The molecule has 3 nitrogen and oxygen atoms in total. The van der Waals surface area contributed by atoms with E-state index in [9.17, 15) is 0 Å². The Morgan fingerprint density at radius 2 is 1.78 bits per heavy atom. The fourth-order valence-electron chi connectivity index (χ4n) is 4.01. The maximum absolute atomic E-state index is 3.82. The smallest absolute Gasteiger partial charge is 0.0218 e. The lowest BCUT2D eigenvalue weighted by atomic mass is 9.79. The van der Waals surface area contributed by atoms with E-state index in [1.807, 2.05) is 0 Å². The molecule has 2 aliphatic heterocycles. The van der Waals surface area contributed by atoms with Gasteiger partial charge in [0.05, 0.1) is 0 Å². The first-order chi connectivity index (χ1) is 8.27. The summed E-state index contributed by atoms with van der Waals surface area (Å²) in [7, 11) is 2.26. The molecule has 106 valence electrons. The van der Waals surface area contributed by atoms with E-state index in [1.165, 1.54) is 32.2 Å². The van der Waals surface area contributed by atoms with Crippen LogP contribution >= 0.6 is 0 Å². The molecule has 2 heterocycles. The molecule has 1 unspecified atom stereocenters. The summed E-state index contributed by atoms with van der Waals surface area (Å²) in [5, 5.41) is 7.57. The minimum Gasteiger partial charge on any atom is -0.312 e. The molecule has 2 aliphatic rings. The van der Waals surface area contributed by atoms with Gasteiger partial charge in [0, 0.05) is 29.7 Å². The van der Waals surface area contributed by atoms with E-state index in [4.69, 9.17) is 0 Å². The minimum atomic E-state index is 0.251. The third-order valence-corrected chi connectivity index (χ3v) is 4.50. The highest BCUT2D eigenvalue weighted by atomic mass is 15.2. The Kier molecular flexibility index (Phi) is 4.05. The van der Waals surface area contributed by atoms with Crippen LogP contribution in [0.15, 0.2) is 0 Å². The second-order valence-corrected chi connectivity index (χ2v) is 7.68. The van der Waals surface area contributed by atoms with Crippen molar-refractivity contribution < 1.29 is 0 Å². The number of rotatable bonds is 3. The van der Waals surface area contributed by atoms with Crippen LogP contribution in [0.2, 0.25) is 0 Å². The van der Waals surface area contributed by atoms with Gasteiger partial charge in [-0.15, -0.1) is 0 Å². The zero-order valence-electron chi connectivity index (χ0n) is 12.8. The zero-order valence-corrected chi connectivity index (χ0v) is 12.8. The van der Waals surface area contributed by atoms with E-state index in [2.05, 4.69) is 50.3 Å². The van der Waals surface area contributed by atoms with Crippen molar-refractivity contribution in [2.45, 2.75) is 76.5 Å². The van der Waals surface area contributed by atoms with Crippen LogP contribution in [0.25, 0.3) is 0 Å². The van der Waals surface area contributed by atoms with Gasteiger partial charge in [0.25, 0.3) is 0 Å². The maximum atomic E-state index is 3.82. The Morgan fingerprint density at radius 1 is 1.17 bits per heavy atom. The molecule has 2 fully saturated rings. The Morgan fingerprint density at radius 3 is 2.28 bits per heavy atom. The number of nitrogens with zero attached hydrogens (tertiary/aromatic N) is 1. The SMILES string of the molecule is CN1CCCC1CNC1CC(C)(C)NC(C)(C)C1. The molecule has 2 N–H and O–H groups in total. The number of hydrogen-bond donors (Lipinski definition) is 2. The number of hydrogen-bond acceptors (Lipinski definition) is 3. The number of likely N-dealkylation sites (N-methyl/N-ethyl adjacent to an activating group) is 1. The van der Waals surface area contributed by atoms with Crippen LogP contribution in [0.1, 0.15) is 53.4 Å². The number of piperidine rings is 1. The lowest BCUT2D eigenvalue weighted by molar-refractivity contribution is 0.141. The molecule has 0 spiro atoms. The highest BCUT2D eigenvalue weighted by molar-refractivity contribution is 4.99. The lowest BCUT2D eigenvalue weighted by Crippen LogP contribution is -2.62. The van der Waals surface area contributed by atoms with Gasteiger partial charge in [-0.1, -0.05) is 0 Å². The molecule has 0 bridgehead atoms. The lowest BCUT2D eigenvalue weighted by Gasteiger charge is -2.47. The average Bonchev–Trinajstić information content (AvgIpc) is 2.56. The summed E-state index contributed by atoms with van der Waals surface area (Å²) in [4.78, 5) is 2.50. The Hall–Kier alpha value is -0.120. The van der Waals surface area contributed by atoms with Crippen molar-refractivity contribution in [3.8, 4) is 0 Å². The van der Waals surface area contributed by atoms with E-state index in [-0.39, 0.29) is 11.1 Å². The van der Waals surface area contributed by atoms with Crippen LogP contribution in [0, 0.1) is 0 Å². The van der Waals surface area contributed by atoms with E-state index in [0.29, 0.717) is 6.04 Å². The Labute approximate surface area is 113 Å². The molecule has 0 radical (unpaired) electrons. The first kappa shape index (κ1) is 14.3. The van der Waals surface area contributed by atoms with Crippen LogP contribution in [0.4, 0.5) is 0 Å². The van der Waals surface area contributed by atoms with Gasteiger partial charge in [0.1, 0.15) is 0 Å². The highest BCUT2D eigenvalue weighted by Crippen LogP contribution is 2.28. The van der Waals surface area contributed by atoms with Gasteiger partial charge >= 0.3 is 0 Å². The fraction of sp³-hybridized carbons (Fsp3) is 1.00. The zero-order chi connectivity index (χ0) is 13.4. The molecule has 0 aromatic carbocycles. The van der Waals surface area contributed by atoms with Gasteiger partial charge in [-0.3, -0.25) is 0 Å². The van der Waals surface area contributed by atoms with Crippen molar-refractivity contribution >= 4 is 0 Å². The van der Waals surface area contributed by atoms with Crippen molar-refractivity contribution in [3.63, 3.8) is 0 Å². The number of nitrogens with one attached hydrogen (secondary N) is 2. The summed E-state index contributed by atoms with van der Waals surface area (Å²) in [6.07, 6.45) is 5.19. The summed E-state index contributed by atoms with van der Waals surface area (Å²) in [5.41, 5.74) is 0.502. The first-order valence-corrected chi connectivity index (χ1v) is 7.50. The predicted octanol–water partition coefficient (Wildman–Crippen LogP) is 1.98. The van der Waals surface area contributed by atoms with Gasteiger partial charge in [-0.25, -0.2) is 0 Å². The number of likely N-dealkylation sites (tertiary alicyclic amines) is 1. The summed E-state index contributed by atoms with van der Waals surface area (Å²) >= 11 is 0. The third-order valence-electron chi connectivity index (χ3n) is 4.50. The molecule has 2 saturated heterocycles.